The van der Waals surface area contributed by atoms with Crippen molar-refractivity contribution < 1.29 is 4.79 Å². The molecule has 0 aliphatic heterocycles. The molecule has 1 nitrogen and oxygen atoms in total. The van der Waals surface area contributed by atoms with Crippen LogP contribution in [0.4, 0.5) is 0 Å². The number of carbonyl (C=O) groups excluding carboxylic acids is 1. The quantitative estimate of drug-likeness (QED) is 0.523. The first kappa shape index (κ1) is 10.7. The van der Waals surface area contributed by atoms with Gasteiger partial charge in [-0.3, -0.25) is 4.79 Å². The molecule has 0 aromatic heterocycles. The van der Waals surface area contributed by atoms with Crippen molar-refractivity contribution in [1.82, 2.24) is 0 Å². The second-order valence-electron chi connectivity index (χ2n) is 3.31. The number of allylic oxidation sites excluding steroid dienone is 2. The summed E-state index contributed by atoms with van der Waals surface area (Å²) >= 11 is 0. The highest BCUT2D eigenvalue weighted by atomic mass is 16.1. The highest BCUT2D eigenvalue weighted by Crippen LogP contribution is 2.07. The first-order valence-electron chi connectivity index (χ1n) is 5.04. The smallest absolute Gasteiger partial charge is 0.185 e. The molecule has 0 saturated heterocycles. The van der Waals surface area contributed by atoms with E-state index in [1.54, 1.807) is 12.2 Å². The SMILES string of the molecule is CC=CC(=O)c1ccc(CCC)cc1. The van der Waals surface area contributed by atoms with E-state index in [0.717, 1.165) is 18.4 Å². The van der Waals surface area contributed by atoms with Gasteiger partial charge in [0, 0.05) is 5.56 Å². The molecule has 0 heterocycles. The van der Waals surface area contributed by atoms with Gasteiger partial charge in [0.15, 0.2) is 5.78 Å². The van der Waals surface area contributed by atoms with E-state index < -0.39 is 0 Å². The molecule has 0 aliphatic carbocycles. The average molecular weight is 188 g/mol. The van der Waals surface area contributed by atoms with Crippen molar-refractivity contribution in [3.05, 3.63) is 47.5 Å². The van der Waals surface area contributed by atoms with Crippen LogP contribution in [0.15, 0.2) is 36.4 Å². The minimum absolute atomic E-state index is 0.0792. The summed E-state index contributed by atoms with van der Waals surface area (Å²) < 4.78 is 0. The van der Waals surface area contributed by atoms with Gasteiger partial charge in [-0.05, 0) is 25.0 Å². The van der Waals surface area contributed by atoms with Gasteiger partial charge in [-0.15, -0.1) is 0 Å². The molecule has 0 unspecified atom stereocenters. The molecule has 74 valence electrons. The van der Waals surface area contributed by atoms with Gasteiger partial charge in [-0.2, -0.15) is 0 Å². The first-order chi connectivity index (χ1) is 6.77. The van der Waals surface area contributed by atoms with Crippen LogP contribution in [-0.2, 0) is 6.42 Å². The van der Waals surface area contributed by atoms with Gasteiger partial charge in [0.05, 0.1) is 0 Å². The highest BCUT2D eigenvalue weighted by molar-refractivity contribution is 6.04. The van der Waals surface area contributed by atoms with Crippen LogP contribution in [0.1, 0.15) is 36.2 Å². The molecule has 0 radical (unpaired) electrons. The largest absolute Gasteiger partial charge is 0.289 e. The van der Waals surface area contributed by atoms with Crippen molar-refractivity contribution in [3.63, 3.8) is 0 Å². The van der Waals surface area contributed by atoms with Crippen molar-refractivity contribution >= 4 is 5.78 Å². The number of aryl methyl sites for hydroxylation is 1. The Balaban J connectivity index is 2.77. The van der Waals surface area contributed by atoms with Crippen LogP contribution < -0.4 is 0 Å². The molecule has 1 heteroatoms. The third kappa shape index (κ3) is 2.84. The summed E-state index contributed by atoms with van der Waals surface area (Å²) in [4.78, 5) is 11.4. The van der Waals surface area contributed by atoms with Crippen molar-refractivity contribution in [1.29, 1.82) is 0 Å². The van der Waals surface area contributed by atoms with Crippen molar-refractivity contribution in [3.8, 4) is 0 Å². The minimum Gasteiger partial charge on any atom is -0.289 e. The Morgan fingerprint density at radius 3 is 2.43 bits per heavy atom. The molecule has 0 spiro atoms. The third-order valence-electron chi connectivity index (χ3n) is 2.10. The van der Waals surface area contributed by atoms with Crippen LogP contribution >= 0.6 is 0 Å². The lowest BCUT2D eigenvalue weighted by Gasteiger charge is -1.99. The molecule has 0 bridgehead atoms. The van der Waals surface area contributed by atoms with Crippen molar-refractivity contribution in [2.24, 2.45) is 0 Å². The molecule has 1 rings (SSSR count). The predicted octanol–water partition coefficient (Wildman–Crippen LogP) is 3.40. The summed E-state index contributed by atoms with van der Waals surface area (Å²) in [7, 11) is 0. The number of ketones is 1. The molecule has 0 N–H and O–H groups in total. The number of benzene rings is 1. The third-order valence-corrected chi connectivity index (χ3v) is 2.10. The Kier molecular flexibility index (Phi) is 4.11. The van der Waals surface area contributed by atoms with Gasteiger partial charge in [0.1, 0.15) is 0 Å². The summed E-state index contributed by atoms with van der Waals surface area (Å²) in [6.07, 6.45) is 5.58. The van der Waals surface area contributed by atoms with Crippen LogP contribution in [0.25, 0.3) is 0 Å². The Labute approximate surface area is 85.5 Å². The van der Waals surface area contributed by atoms with Gasteiger partial charge >= 0.3 is 0 Å². The fourth-order valence-electron chi connectivity index (χ4n) is 1.37. The van der Waals surface area contributed by atoms with Gasteiger partial charge in [0.25, 0.3) is 0 Å². The van der Waals surface area contributed by atoms with E-state index in [4.69, 9.17) is 0 Å². The standard InChI is InChI=1S/C13H16O/c1-3-5-11-7-9-12(10-8-11)13(14)6-4-2/h4,6-10H,3,5H2,1-2H3. The maximum Gasteiger partial charge on any atom is 0.185 e. The van der Waals surface area contributed by atoms with E-state index in [-0.39, 0.29) is 5.78 Å². The zero-order valence-corrected chi connectivity index (χ0v) is 8.79. The topological polar surface area (TPSA) is 17.1 Å². The number of hydrogen-bond donors (Lipinski definition) is 0. The van der Waals surface area contributed by atoms with E-state index in [9.17, 15) is 4.79 Å². The zero-order valence-electron chi connectivity index (χ0n) is 8.79. The molecule has 1 aromatic carbocycles. The summed E-state index contributed by atoms with van der Waals surface area (Å²) in [5, 5.41) is 0. The maximum atomic E-state index is 11.4. The zero-order chi connectivity index (χ0) is 10.4. The number of carbonyl (C=O) groups is 1. The lowest BCUT2D eigenvalue weighted by molar-refractivity contribution is 0.104. The molecule has 1 aromatic rings. The lowest BCUT2D eigenvalue weighted by atomic mass is 10.1. The second kappa shape index (κ2) is 5.38. The molecule has 14 heavy (non-hydrogen) atoms. The van der Waals surface area contributed by atoms with E-state index in [2.05, 4.69) is 6.92 Å². The molecule has 0 saturated carbocycles. The summed E-state index contributed by atoms with van der Waals surface area (Å²) in [6.45, 7) is 4.00. The van der Waals surface area contributed by atoms with Gasteiger partial charge < -0.3 is 0 Å². The van der Waals surface area contributed by atoms with Gasteiger partial charge in [-0.25, -0.2) is 0 Å². The molecule has 0 fully saturated rings. The normalized spacial score (nSPS) is 10.7. The maximum absolute atomic E-state index is 11.4. The summed E-state index contributed by atoms with van der Waals surface area (Å²) in [5.41, 5.74) is 2.06. The summed E-state index contributed by atoms with van der Waals surface area (Å²) in [5.74, 6) is 0.0792. The minimum atomic E-state index is 0.0792. The van der Waals surface area contributed by atoms with E-state index in [0.29, 0.717) is 0 Å². The Hall–Kier alpha value is -1.37. The van der Waals surface area contributed by atoms with Crippen molar-refractivity contribution in [2.75, 3.05) is 0 Å². The predicted molar refractivity (Wildman–Crippen MR) is 59.6 cm³/mol. The highest BCUT2D eigenvalue weighted by Gasteiger charge is 2.00. The Morgan fingerprint density at radius 1 is 1.29 bits per heavy atom. The lowest BCUT2D eigenvalue weighted by Crippen LogP contribution is -1.94. The number of rotatable bonds is 4. The van der Waals surface area contributed by atoms with Crippen molar-refractivity contribution in [2.45, 2.75) is 26.7 Å². The Morgan fingerprint density at radius 2 is 1.93 bits per heavy atom. The van der Waals surface area contributed by atoms with E-state index in [1.165, 1.54) is 5.56 Å². The average Bonchev–Trinajstić information content (AvgIpc) is 2.20. The monoisotopic (exact) mass is 188 g/mol. The first-order valence-corrected chi connectivity index (χ1v) is 5.04. The van der Waals surface area contributed by atoms with E-state index in [1.807, 2.05) is 31.2 Å². The van der Waals surface area contributed by atoms with Gasteiger partial charge in [0.2, 0.25) is 0 Å². The Bertz CT molecular complexity index is 320. The fraction of sp³-hybridized carbons (Fsp3) is 0.308. The van der Waals surface area contributed by atoms with Crippen LogP contribution in [-0.4, -0.2) is 5.78 Å². The van der Waals surface area contributed by atoms with Gasteiger partial charge in [-0.1, -0.05) is 43.7 Å². The fourth-order valence-corrected chi connectivity index (χ4v) is 1.37. The van der Waals surface area contributed by atoms with Crippen LogP contribution in [0.5, 0.6) is 0 Å². The summed E-state index contributed by atoms with van der Waals surface area (Å²) in [6, 6.07) is 7.85. The molecule has 0 aliphatic rings. The second-order valence-corrected chi connectivity index (χ2v) is 3.31. The van der Waals surface area contributed by atoms with Crippen LogP contribution in [0.3, 0.4) is 0 Å². The molecule has 0 amide bonds. The van der Waals surface area contributed by atoms with Crippen LogP contribution in [0.2, 0.25) is 0 Å². The number of hydrogen-bond acceptors (Lipinski definition) is 1. The van der Waals surface area contributed by atoms with E-state index >= 15 is 0 Å². The van der Waals surface area contributed by atoms with Crippen LogP contribution in [0, 0.1) is 0 Å². The molecular weight excluding hydrogens is 172 g/mol. The molecule has 0 atom stereocenters. The molecular formula is C13H16O.